The highest BCUT2D eigenvalue weighted by molar-refractivity contribution is 5.95. The highest BCUT2D eigenvalue weighted by Crippen LogP contribution is 2.33. The van der Waals surface area contributed by atoms with Crippen molar-refractivity contribution in [1.82, 2.24) is 14.9 Å². The topological polar surface area (TPSA) is 73.8 Å². The molecule has 7 nitrogen and oxygen atoms in total. The molecular formula is C19H21N3O4. The fourth-order valence-electron chi connectivity index (χ4n) is 3.32. The summed E-state index contributed by atoms with van der Waals surface area (Å²) >= 11 is 0. The Bertz CT molecular complexity index is 811. The molecule has 0 spiro atoms. The van der Waals surface area contributed by atoms with Crippen molar-refractivity contribution in [3.05, 3.63) is 47.5 Å². The van der Waals surface area contributed by atoms with Crippen molar-refractivity contribution in [2.45, 2.75) is 13.3 Å². The minimum absolute atomic E-state index is 0.0160. The SMILES string of the molecule is Cc1cc(CC2COCCN(C(=O)c3ccc4c(c3)OCO4)C2)ncn1. The van der Waals surface area contributed by atoms with Crippen LogP contribution in [0.4, 0.5) is 0 Å². The van der Waals surface area contributed by atoms with E-state index in [4.69, 9.17) is 14.2 Å². The van der Waals surface area contributed by atoms with E-state index in [0.29, 0.717) is 43.4 Å². The number of carbonyl (C=O) groups excluding carboxylic acids is 1. The molecule has 1 atom stereocenters. The van der Waals surface area contributed by atoms with E-state index in [0.717, 1.165) is 17.8 Å². The Kier molecular flexibility index (Phi) is 4.71. The number of hydrogen-bond donors (Lipinski definition) is 0. The molecule has 2 aliphatic heterocycles. The van der Waals surface area contributed by atoms with Crippen LogP contribution in [0, 0.1) is 12.8 Å². The third kappa shape index (κ3) is 3.62. The first-order valence-electron chi connectivity index (χ1n) is 8.73. The second-order valence-electron chi connectivity index (χ2n) is 6.61. The van der Waals surface area contributed by atoms with Crippen LogP contribution in [-0.2, 0) is 11.2 Å². The number of aromatic nitrogens is 2. The van der Waals surface area contributed by atoms with Gasteiger partial charge in [-0.05, 0) is 37.6 Å². The van der Waals surface area contributed by atoms with E-state index in [1.54, 1.807) is 24.5 Å². The highest BCUT2D eigenvalue weighted by Gasteiger charge is 2.25. The summed E-state index contributed by atoms with van der Waals surface area (Å²) in [5.74, 6) is 1.48. The number of benzene rings is 1. The van der Waals surface area contributed by atoms with Gasteiger partial charge in [-0.1, -0.05) is 0 Å². The monoisotopic (exact) mass is 355 g/mol. The van der Waals surface area contributed by atoms with Gasteiger partial charge >= 0.3 is 0 Å². The van der Waals surface area contributed by atoms with Crippen LogP contribution in [0.2, 0.25) is 0 Å². The summed E-state index contributed by atoms with van der Waals surface area (Å²) in [6.45, 7) is 4.52. The molecule has 2 aliphatic rings. The lowest BCUT2D eigenvalue weighted by Crippen LogP contribution is -2.36. The molecule has 1 saturated heterocycles. The van der Waals surface area contributed by atoms with Gasteiger partial charge in [-0.15, -0.1) is 0 Å². The first-order chi connectivity index (χ1) is 12.7. The van der Waals surface area contributed by atoms with Crippen molar-refractivity contribution >= 4 is 5.91 Å². The van der Waals surface area contributed by atoms with Crippen LogP contribution in [0.15, 0.2) is 30.6 Å². The van der Waals surface area contributed by atoms with E-state index in [2.05, 4.69) is 9.97 Å². The quantitative estimate of drug-likeness (QED) is 0.837. The molecule has 1 amide bonds. The Balaban J connectivity index is 1.47. The highest BCUT2D eigenvalue weighted by atomic mass is 16.7. The fraction of sp³-hybridized carbons (Fsp3) is 0.421. The van der Waals surface area contributed by atoms with Gasteiger partial charge in [0.15, 0.2) is 11.5 Å². The smallest absolute Gasteiger partial charge is 0.254 e. The molecule has 2 aromatic rings. The van der Waals surface area contributed by atoms with Gasteiger partial charge in [0, 0.05) is 36.0 Å². The molecule has 0 bridgehead atoms. The van der Waals surface area contributed by atoms with Gasteiger partial charge in [0.25, 0.3) is 5.91 Å². The Morgan fingerprint density at radius 3 is 3.00 bits per heavy atom. The Labute approximate surface area is 151 Å². The average Bonchev–Trinajstić information content (AvgIpc) is 2.99. The normalized spacial score (nSPS) is 19.3. The largest absolute Gasteiger partial charge is 0.454 e. The molecular weight excluding hydrogens is 334 g/mol. The van der Waals surface area contributed by atoms with Crippen molar-refractivity contribution in [1.29, 1.82) is 0 Å². The van der Waals surface area contributed by atoms with Gasteiger partial charge in [0.1, 0.15) is 6.33 Å². The number of carbonyl (C=O) groups is 1. The van der Waals surface area contributed by atoms with Crippen molar-refractivity contribution in [3.8, 4) is 11.5 Å². The second kappa shape index (κ2) is 7.29. The summed E-state index contributed by atoms with van der Waals surface area (Å²) in [5, 5.41) is 0. The fourth-order valence-corrected chi connectivity index (χ4v) is 3.32. The number of nitrogens with zero attached hydrogens (tertiary/aromatic N) is 3. The Morgan fingerprint density at radius 2 is 2.12 bits per heavy atom. The third-order valence-electron chi connectivity index (χ3n) is 4.60. The number of fused-ring (bicyclic) bond motifs is 1. The summed E-state index contributed by atoms with van der Waals surface area (Å²) in [6, 6.07) is 7.30. The molecule has 0 N–H and O–H groups in total. The lowest BCUT2D eigenvalue weighted by molar-refractivity contribution is 0.0737. The first kappa shape index (κ1) is 16.8. The zero-order chi connectivity index (χ0) is 17.9. The zero-order valence-electron chi connectivity index (χ0n) is 14.7. The summed E-state index contributed by atoms with van der Waals surface area (Å²) in [5.41, 5.74) is 2.52. The van der Waals surface area contributed by atoms with E-state index in [-0.39, 0.29) is 18.6 Å². The van der Waals surface area contributed by atoms with Gasteiger partial charge < -0.3 is 19.1 Å². The van der Waals surface area contributed by atoms with Crippen LogP contribution < -0.4 is 9.47 Å². The Morgan fingerprint density at radius 1 is 1.23 bits per heavy atom. The van der Waals surface area contributed by atoms with Crippen LogP contribution in [-0.4, -0.2) is 53.9 Å². The number of rotatable bonds is 3. The summed E-state index contributed by atoms with van der Waals surface area (Å²) in [7, 11) is 0. The molecule has 7 heteroatoms. The number of amides is 1. The molecule has 1 aromatic carbocycles. The van der Waals surface area contributed by atoms with E-state index in [1.165, 1.54) is 0 Å². The molecule has 1 fully saturated rings. The Hall–Kier alpha value is -2.67. The first-order valence-corrected chi connectivity index (χ1v) is 8.73. The van der Waals surface area contributed by atoms with Crippen molar-refractivity contribution < 1.29 is 19.0 Å². The molecule has 0 saturated carbocycles. The predicted molar refractivity (Wildman–Crippen MR) is 93.3 cm³/mol. The van der Waals surface area contributed by atoms with Crippen LogP contribution in [0.5, 0.6) is 11.5 Å². The van der Waals surface area contributed by atoms with Gasteiger partial charge in [0.2, 0.25) is 6.79 Å². The molecule has 3 heterocycles. The third-order valence-corrected chi connectivity index (χ3v) is 4.60. The number of hydrogen-bond acceptors (Lipinski definition) is 6. The maximum absolute atomic E-state index is 13.0. The molecule has 0 aliphatic carbocycles. The minimum Gasteiger partial charge on any atom is -0.454 e. The minimum atomic E-state index is -0.0160. The maximum Gasteiger partial charge on any atom is 0.254 e. The molecule has 0 radical (unpaired) electrons. The summed E-state index contributed by atoms with van der Waals surface area (Å²) in [4.78, 5) is 23.3. The molecule has 4 rings (SSSR count). The van der Waals surface area contributed by atoms with Crippen molar-refractivity contribution in [2.75, 3.05) is 33.1 Å². The molecule has 136 valence electrons. The number of ether oxygens (including phenoxy) is 3. The summed E-state index contributed by atoms with van der Waals surface area (Å²) in [6.07, 6.45) is 2.34. The second-order valence-corrected chi connectivity index (χ2v) is 6.61. The predicted octanol–water partition coefficient (Wildman–Crippen LogP) is 1.85. The maximum atomic E-state index is 13.0. The average molecular weight is 355 g/mol. The standard InChI is InChI=1S/C19H21N3O4/c1-13-6-16(21-11-20-13)7-14-9-22(4-5-24-10-14)19(23)15-2-3-17-18(8-15)26-12-25-17/h2-3,6,8,11,14H,4-5,7,9-10,12H2,1H3. The zero-order valence-corrected chi connectivity index (χ0v) is 14.7. The van der Waals surface area contributed by atoms with Gasteiger partial charge in [-0.25, -0.2) is 9.97 Å². The van der Waals surface area contributed by atoms with Crippen molar-refractivity contribution in [3.63, 3.8) is 0 Å². The van der Waals surface area contributed by atoms with Crippen LogP contribution in [0.25, 0.3) is 0 Å². The molecule has 1 unspecified atom stereocenters. The van der Waals surface area contributed by atoms with Gasteiger partial charge in [-0.3, -0.25) is 4.79 Å². The lowest BCUT2D eigenvalue weighted by atomic mass is 10.0. The molecule has 1 aromatic heterocycles. The van der Waals surface area contributed by atoms with Gasteiger partial charge in [0.05, 0.1) is 13.2 Å². The van der Waals surface area contributed by atoms with Gasteiger partial charge in [-0.2, -0.15) is 0 Å². The van der Waals surface area contributed by atoms with Crippen LogP contribution >= 0.6 is 0 Å². The molecule has 26 heavy (non-hydrogen) atoms. The van der Waals surface area contributed by atoms with Crippen LogP contribution in [0.3, 0.4) is 0 Å². The van der Waals surface area contributed by atoms with E-state index in [1.807, 2.05) is 17.9 Å². The van der Waals surface area contributed by atoms with Crippen molar-refractivity contribution in [2.24, 2.45) is 5.92 Å². The van der Waals surface area contributed by atoms with E-state index >= 15 is 0 Å². The van der Waals surface area contributed by atoms with E-state index in [9.17, 15) is 4.79 Å². The van der Waals surface area contributed by atoms with Crippen LogP contribution in [0.1, 0.15) is 21.7 Å². The lowest BCUT2D eigenvalue weighted by Gasteiger charge is -2.23. The summed E-state index contributed by atoms with van der Waals surface area (Å²) < 4.78 is 16.4. The van der Waals surface area contributed by atoms with E-state index < -0.39 is 0 Å². The number of aryl methyl sites for hydroxylation is 1.